The largest absolute Gasteiger partial charge is 0.433 e. The maximum Gasteiger partial charge on any atom is 0.312 e. The zero-order chi connectivity index (χ0) is 13.3. The summed E-state index contributed by atoms with van der Waals surface area (Å²) >= 11 is 0. The fraction of sp³-hybridized carbons (Fsp3) is 0.800. The van der Waals surface area contributed by atoms with Gasteiger partial charge in [0.15, 0.2) is 0 Å². The normalized spacial score (nSPS) is 30.2. The number of hydrogen-bond donors (Lipinski definition) is 0. The van der Waals surface area contributed by atoms with E-state index in [2.05, 4.69) is 26.0 Å². The van der Waals surface area contributed by atoms with Crippen LogP contribution in [0.15, 0.2) is 12.2 Å². The molecule has 3 nitrogen and oxygen atoms in total. The van der Waals surface area contributed by atoms with Crippen LogP contribution in [0.3, 0.4) is 0 Å². The van der Waals surface area contributed by atoms with Crippen LogP contribution in [0.2, 0.25) is 0 Å². The van der Waals surface area contributed by atoms with E-state index in [4.69, 9.17) is 9.47 Å². The Kier molecular flexibility index (Phi) is 3.81. The Bertz CT molecular complexity index is 344. The third kappa shape index (κ3) is 3.14. The van der Waals surface area contributed by atoms with Crippen LogP contribution in [0.4, 0.5) is 0 Å². The summed E-state index contributed by atoms with van der Waals surface area (Å²) in [5, 5.41) is 0. The minimum Gasteiger partial charge on any atom is -0.433 e. The van der Waals surface area contributed by atoms with E-state index in [9.17, 15) is 4.79 Å². The Morgan fingerprint density at radius 3 is 2.56 bits per heavy atom. The molecule has 3 atom stereocenters. The summed E-state index contributed by atoms with van der Waals surface area (Å²) in [6, 6.07) is 0. The van der Waals surface area contributed by atoms with Crippen molar-refractivity contribution in [1.29, 1.82) is 0 Å². The standard InChI is InChI=1S/C15H24O3/c1-10(2)9-17-15(3,4)18-14(16)13-8-11-5-6-12(13)7-11/h5-6,10-13H,7-9H2,1-4H3. The average molecular weight is 252 g/mol. The van der Waals surface area contributed by atoms with Crippen molar-refractivity contribution in [1.82, 2.24) is 0 Å². The summed E-state index contributed by atoms with van der Waals surface area (Å²) in [6.45, 7) is 8.40. The number of carbonyl (C=O) groups is 1. The molecule has 0 aromatic carbocycles. The Hall–Kier alpha value is -0.830. The van der Waals surface area contributed by atoms with Crippen molar-refractivity contribution in [3.8, 4) is 0 Å². The molecule has 0 aromatic rings. The fourth-order valence-electron chi connectivity index (χ4n) is 2.77. The molecular weight excluding hydrogens is 228 g/mol. The molecule has 2 aliphatic carbocycles. The van der Waals surface area contributed by atoms with E-state index in [1.807, 2.05) is 13.8 Å². The molecule has 18 heavy (non-hydrogen) atoms. The summed E-state index contributed by atoms with van der Waals surface area (Å²) in [7, 11) is 0. The lowest BCUT2D eigenvalue weighted by Crippen LogP contribution is -2.36. The van der Waals surface area contributed by atoms with Crippen molar-refractivity contribution >= 4 is 5.97 Å². The van der Waals surface area contributed by atoms with Gasteiger partial charge in [0.25, 0.3) is 0 Å². The second kappa shape index (κ2) is 5.04. The van der Waals surface area contributed by atoms with Gasteiger partial charge in [0.1, 0.15) is 0 Å². The van der Waals surface area contributed by atoms with Gasteiger partial charge in [-0.05, 0) is 30.6 Å². The highest BCUT2D eigenvalue weighted by molar-refractivity contribution is 5.74. The monoisotopic (exact) mass is 252 g/mol. The molecule has 2 rings (SSSR count). The van der Waals surface area contributed by atoms with E-state index in [0.29, 0.717) is 24.4 Å². The molecule has 0 radical (unpaired) electrons. The first kappa shape index (κ1) is 13.6. The average Bonchev–Trinajstić information content (AvgIpc) is 2.87. The minimum absolute atomic E-state index is 0.0434. The number of fused-ring (bicyclic) bond motifs is 2. The van der Waals surface area contributed by atoms with Crippen molar-refractivity contribution in [2.24, 2.45) is 23.7 Å². The topological polar surface area (TPSA) is 35.5 Å². The van der Waals surface area contributed by atoms with Gasteiger partial charge >= 0.3 is 5.97 Å². The maximum atomic E-state index is 12.2. The van der Waals surface area contributed by atoms with Gasteiger partial charge in [0.05, 0.1) is 12.5 Å². The minimum atomic E-state index is -0.813. The quantitative estimate of drug-likeness (QED) is 0.428. The summed E-state index contributed by atoms with van der Waals surface area (Å²) in [5.41, 5.74) is 0. The molecule has 0 saturated heterocycles. The third-order valence-electron chi connectivity index (χ3n) is 3.69. The van der Waals surface area contributed by atoms with Gasteiger partial charge in [0, 0.05) is 13.8 Å². The first-order chi connectivity index (χ1) is 8.37. The zero-order valence-electron chi connectivity index (χ0n) is 11.8. The molecule has 0 spiro atoms. The molecule has 3 unspecified atom stereocenters. The molecule has 0 aliphatic heterocycles. The van der Waals surface area contributed by atoms with E-state index in [-0.39, 0.29) is 11.9 Å². The molecule has 0 aromatic heterocycles. The Labute approximate surface area is 110 Å². The van der Waals surface area contributed by atoms with Crippen LogP contribution in [0.1, 0.15) is 40.5 Å². The molecule has 2 bridgehead atoms. The highest BCUT2D eigenvalue weighted by atomic mass is 16.7. The zero-order valence-corrected chi connectivity index (χ0v) is 11.8. The first-order valence-corrected chi connectivity index (χ1v) is 6.92. The first-order valence-electron chi connectivity index (χ1n) is 6.92. The van der Waals surface area contributed by atoms with Gasteiger partial charge < -0.3 is 9.47 Å². The molecule has 0 N–H and O–H groups in total. The molecule has 3 heteroatoms. The summed E-state index contributed by atoms with van der Waals surface area (Å²) in [6.07, 6.45) is 6.46. The summed E-state index contributed by atoms with van der Waals surface area (Å²) in [5.74, 6) is 0.555. The Morgan fingerprint density at radius 1 is 1.33 bits per heavy atom. The van der Waals surface area contributed by atoms with Crippen molar-refractivity contribution in [3.05, 3.63) is 12.2 Å². The summed E-state index contributed by atoms with van der Waals surface area (Å²) in [4.78, 5) is 12.2. The van der Waals surface area contributed by atoms with Crippen LogP contribution in [0, 0.1) is 23.7 Å². The fourth-order valence-corrected chi connectivity index (χ4v) is 2.77. The van der Waals surface area contributed by atoms with Crippen LogP contribution in [-0.4, -0.2) is 18.4 Å². The number of hydrogen-bond acceptors (Lipinski definition) is 3. The van der Waals surface area contributed by atoms with Gasteiger partial charge in [-0.3, -0.25) is 4.79 Å². The number of ether oxygens (including phenoxy) is 2. The van der Waals surface area contributed by atoms with Crippen molar-refractivity contribution in [2.45, 2.75) is 46.3 Å². The highest BCUT2D eigenvalue weighted by Gasteiger charge is 2.42. The summed E-state index contributed by atoms with van der Waals surface area (Å²) < 4.78 is 11.2. The van der Waals surface area contributed by atoms with Crippen LogP contribution in [0.5, 0.6) is 0 Å². The Balaban J connectivity index is 1.85. The number of carbonyl (C=O) groups excluding carboxylic acids is 1. The lowest BCUT2D eigenvalue weighted by molar-refractivity contribution is -0.222. The second-order valence-electron chi connectivity index (χ2n) is 6.41. The predicted octanol–water partition coefficient (Wildman–Crippen LogP) is 3.15. The van der Waals surface area contributed by atoms with Gasteiger partial charge in [-0.25, -0.2) is 0 Å². The third-order valence-corrected chi connectivity index (χ3v) is 3.69. The van der Waals surface area contributed by atoms with E-state index >= 15 is 0 Å². The van der Waals surface area contributed by atoms with Gasteiger partial charge in [-0.15, -0.1) is 0 Å². The van der Waals surface area contributed by atoms with Gasteiger partial charge in [-0.2, -0.15) is 0 Å². The molecular formula is C15H24O3. The number of rotatable bonds is 5. The second-order valence-corrected chi connectivity index (χ2v) is 6.41. The van der Waals surface area contributed by atoms with E-state index < -0.39 is 5.79 Å². The van der Waals surface area contributed by atoms with Crippen molar-refractivity contribution in [3.63, 3.8) is 0 Å². The lowest BCUT2D eigenvalue weighted by Gasteiger charge is -2.29. The van der Waals surface area contributed by atoms with Crippen molar-refractivity contribution < 1.29 is 14.3 Å². The van der Waals surface area contributed by atoms with E-state index in [1.165, 1.54) is 0 Å². The molecule has 102 valence electrons. The molecule has 2 aliphatic rings. The van der Waals surface area contributed by atoms with Crippen LogP contribution < -0.4 is 0 Å². The molecule has 1 saturated carbocycles. The van der Waals surface area contributed by atoms with Gasteiger partial charge in [0.2, 0.25) is 5.79 Å². The van der Waals surface area contributed by atoms with Crippen molar-refractivity contribution in [2.75, 3.05) is 6.61 Å². The molecule has 1 fully saturated rings. The highest BCUT2D eigenvalue weighted by Crippen LogP contribution is 2.44. The van der Waals surface area contributed by atoms with Crippen LogP contribution in [-0.2, 0) is 14.3 Å². The predicted molar refractivity (Wildman–Crippen MR) is 69.8 cm³/mol. The SMILES string of the molecule is CC(C)COC(C)(C)OC(=O)C1CC2C=CC1C2. The smallest absolute Gasteiger partial charge is 0.312 e. The number of allylic oxidation sites excluding steroid dienone is 2. The number of esters is 1. The van der Waals surface area contributed by atoms with Crippen LogP contribution in [0.25, 0.3) is 0 Å². The van der Waals surface area contributed by atoms with Crippen LogP contribution >= 0.6 is 0 Å². The molecule has 0 amide bonds. The molecule has 0 heterocycles. The lowest BCUT2D eigenvalue weighted by atomic mass is 9.94. The van der Waals surface area contributed by atoms with E-state index in [1.54, 1.807) is 0 Å². The van der Waals surface area contributed by atoms with Gasteiger partial charge in [-0.1, -0.05) is 26.0 Å². The van der Waals surface area contributed by atoms with E-state index in [0.717, 1.165) is 12.8 Å². The Morgan fingerprint density at radius 2 is 2.06 bits per heavy atom. The maximum absolute atomic E-state index is 12.2.